The predicted molar refractivity (Wildman–Crippen MR) is 101 cm³/mol. The number of nitrogens with one attached hydrogen (secondary N) is 1. The van der Waals surface area contributed by atoms with E-state index in [1.54, 1.807) is 19.4 Å². The lowest BCUT2D eigenvalue weighted by Crippen LogP contribution is -2.31. The highest BCUT2D eigenvalue weighted by molar-refractivity contribution is 5.96. The molecule has 2 aliphatic rings. The van der Waals surface area contributed by atoms with Crippen molar-refractivity contribution in [2.75, 3.05) is 25.0 Å². The molecule has 1 atom stereocenters. The van der Waals surface area contributed by atoms with Crippen LogP contribution in [0.3, 0.4) is 0 Å². The zero-order valence-corrected chi connectivity index (χ0v) is 15.3. The zero-order chi connectivity index (χ0) is 17.4. The number of hydrogen-bond donors (Lipinski definition) is 1. The molecular weight excluding hydrogens is 357 g/mol. The molecular formula is C19H21ClFN3O2. The topological polar surface area (TPSA) is 54.5 Å². The molecule has 0 bridgehead atoms. The van der Waals surface area contributed by atoms with Crippen LogP contribution in [0.25, 0.3) is 11.1 Å². The number of carbonyl (C=O) groups is 1. The fourth-order valence-electron chi connectivity index (χ4n) is 3.44. The quantitative estimate of drug-likeness (QED) is 0.893. The summed E-state index contributed by atoms with van der Waals surface area (Å²) in [6.07, 6.45) is 5.46. The molecule has 0 unspecified atom stereocenters. The third-order valence-electron chi connectivity index (χ3n) is 4.85. The van der Waals surface area contributed by atoms with E-state index in [0.29, 0.717) is 35.4 Å². The highest BCUT2D eigenvalue weighted by Crippen LogP contribution is 2.34. The fraction of sp³-hybridized carbons (Fsp3) is 0.368. The number of nitrogens with zero attached hydrogens (tertiary/aromatic N) is 2. The Balaban J connectivity index is 0.00000196. The average molecular weight is 378 g/mol. The fourth-order valence-corrected chi connectivity index (χ4v) is 3.44. The first-order chi connectivity index (χ1) is 12.1. The van der Waals surface area contributed by atoms with E-state index in [1.807, 2.05) is 12.1 Å². The molecule has 1 aromatic heterocycles. The van der Waals surface area contributed by atoms with Gasteiger partial charge in [0.2, 0.25) is 5.91 Å². The van der Waals surface area contributed by atoms with Gasteiger partial charge in [0.15, 0.2) is 0 Å². The summed E-state index contributed by atoms with van der Waals surface area (Å²) in [6, 6.07) is 5.09. The Morgan fingerprint density at radius 3 is 2.88 bits per heavy atom. The second-order valence-corrected chi connectivity index (χ2v) is 6.56. The van der Waals surface area contributed by atoms with Crippen LogP contribution in [0, 0.1) is 5.82 Å². The van der Waals surface area contributed by atoms with Gasteiger partial charge in [-0.2, -0.15) is 0 Å². The van der Waals surface area contributed by atoms with Gasteiger partial charge < -0.3 is 15.0 Å². The molecule has 0 spiro atoms. The van der Waals surface area contributed by atoms with E-state index in [2.05, 4.69) is 10.3 Å². The Hall–Kier alpha value is -2.18. The van der Waals surface area contributed by atoms with Gasteiger partial charge in [-0.1, -0.05) is 0 Å². The maximum absolute atomic E-state index is 14.7. The molecule has 0 saturated carbocycles. The first-order valence-corrected chi connectivity index (χ1v) is 8.53. The Kier molecular flexibility index (Phi) is 5.44. The summed E-state index contributed by atoms with van der Waals surface area (Å²) in [5.41, 5.74) is 2.80. The maximum atomic E-state index is 14.7. The van der Waals surface area contributed by atoms with Gasteiger partial charge in [0.05, 0.1) is 6.20 Å². The standard InChI is InChI=1S/C19H20FN3O2.ClH/c1-23-18-8-17(20)16(7-12(18)2-3-19(23)24)13-6-15(11-22-9-13)25-14-4-5-21-10-14;/h6-9,11,14,21H,2-5,10H2,1H3;1H/t14-;/m1./s1. The van der Waals surface area contributed by atoms with E-state index in [-0.39, 0.29) is 30.2 Å². The van der Waals surface area contributed by atoms with Crippen LogP contribution in [-0.4, -0.2) is 37.1 Å². The number of aromatic nitrogens is 1. The SMILES string of the molecule is CN1C(=O)CCc2cc(-c3cncc(O[C@@H]4CCNC4)c3)c(F)cc21.Cl. The average Bonchev–Trinajstić information content (AvgIpc) is 3.11. The molecule has 4 rings (SSSR count). The van der Waals surface area contributed by atoms with Gasteiger partial charge in [0, 0.05) is 43.0 Å². The third kappa shape index (κ3) is 3.52. The number of benzene rings is 1. The highest BCUT2D eigenvalue weighted by Gasteiger charge is 2.23. The largest absolute Gasteiger partial charge is 0.487 e. The minimum atomic E-state index is -0.359. The monoisotopic (exact) mass is 377 g/mol. The van der Waals surface area contributed by atoms with Crippen LogP contribution in [0.5, 0.6) is 5.75 Å². The van der Waals surface area contributed by atoms with Crippen LogP contribution >= 0.6 is 12.4 Å². The van der Waals surface area contributed by atoms with E-state index >= 15 is 0 Å². The van der Waals surface area contributed by atoms with Gasteiger partial charge in [-0.05, 0) is 43.1 Å². The number of rotatable bonds is 3. The second-order valence-electron chi connectivity index (χ2n) is 6.56. The number of anilines is 1. The van der Waals surface area contributed by atoms with Crippen molar-refractivity contribution in [2.24, 2.45) is 0 Å². The maximum Gasteiger partial charge on any atom is 0.227 e. The summed E-state index contributed by atoms with van der Waals surface area (Å²) in [6.45, 7) is 1.77. The third-order valence-corrected chi connectivity index (χ3v) is 4.85. The first-order valence-electron chi connectivity index (χ1n) is 8.53. The Morgan fingerprint density at radius 2 is 2.12 bits per heavy atom. The first kappa shape index (κ1) is 18.6. The minimum Gasteiger partial charge on any atom is -0.487 e. The molecule has 7 heteroatoms. The van der Waals surface area contributed by atoms with Crippen molar-refractivity contribution in [1.82, 2.24) is 10.3 Å². The molecule has 2 aliphatic heterocycles. The molecule has 1 aromatic carbocycles. The van der Waals surface area contributed by atoms with Crippen LogP contribution in [0.4, 0.5) is 10.1 Å². The highest BCUT2D eigenvalue weighted by atomic mass is 35.5. The molecule has 1 amide bonds. The van der Waals surface area contributed by atoms with Crippen LogP contribution < -0.4 is 15.0 Å². The van der Waals surface area contributed by atoms with Crippen LogP contribution in [0.2, 0.25) is 0 Å². The van der Waals surface area contributed by atoms with Crippen LogP contribution in [0.15, 0.2) is 30.6 Å². The molecule has 1 saturated heterocycles. The van der Waals surface area contributed by atoms with Gasteiger partial charge >= 0.3 is 0 Å². The van der Waals surface area contributed by atoms with Crippen molar-refractivity contribution in [3.8, 4) is 16.9 Å². The molecule has 0 aliphatic carbocycles. The number of pyridine rings is 1. The van der Waals surface area contributed by atoms with E-state index in [1.165, 1.54) is 11.0 Å². The molecule has 3 heterocycles. The summed E-state index contributed by atoms with van der Waals surface area (Å²) < 4.78 is 20.6. The number of hydrogen-bond acceptors (Lipinski definition) is 4. The molecule has 1 N–H and O–H groups in total. The zero-order valence-electron chi connectivity index (χ0n) is 14.5. The van der Waals surface area contributed by atoms with Gasteiger partial charge in [0.1, 0.15) is 17.7 Å². The van der Waals surface area contributed by atoms with Crippen LogP contribution in [0.1, 0.15) is 18.4 Å². The lowest BCUT2D eigenvalue weighted by Gasteiger charge is -2.26. The number of amides is 1. The molecule has 2 aromatic rings. The summed E-state index contributed by atoms with van der Waals surface area (Å²) in [7, 11) is 1.69. The lowest BCUT2D eigenvalue weighted by atomic mass is 9.96. The van der Waals surface area contributed by atoms with Crippen molar-refractivity contribution in [3.05, 3.63) is 42.0 Å². The molecule has 1 fully saturated rings. The minimum absolute atomic E-state index is 0. The Labute approximate surface area is 158 Å². The van der Waals surface area contributed by atoms with Crippen molar-refractivity contribution >= 4 is 24.0 Å². The van der Waals surface area contributed by atoms with Gasteiger partial charge in [-0.3, -0.25) is 9.78 Å². The second kappa shape index (κ2) is 7.60. The van der Waals surface area contributed by atoms with Crippen molar-refractivity contribution in [3.63, 3.8) is 0 Å². The van der Waals surface area contributed by atoms with Crippen LogP contribution in [-0.2, 0) is 11.2 Å². The van der Waals surface area contributed by atoms with Crippen molar-refractivity contribution in [2.45, 2.75) is 25.4 Å². The van der Waals surface area contributed by atoms with E-state index < -0.39 is 0 Å². The Morgan fingerprint density at radius 1 is 1.27 bits per heavy atom. The summed E-state index contributed by atoms with van der Waals surface area (Å²) in [4.78, 5) is 17.5. The number of carbonyl (C=O) groups excluding carboxylic acids is 1. The van der Waals surface area contributed by atoms with Gasteiger partial charge in [-0.15, -0.1) is 12.4 Å². The molecule has 138 valence electrons. The lowest BCUT2D eigenvalue weighted by molar-refractivity contribution is -0.118. The van der Waals surface area contributed by atoms with E-state index in [9.17, 15) is 9.18 Å². The van der Waals surface area contributed by atoms with Gasteiger partial charge in [-0.25, -0.2) is 4.39 Å². The molecule has 5 nitrogen and oxygen atoms in total. The summed E-state index contributed by atoms with van der Waals surface area (Å²) in [5.74, 6) is 0.305. The van der Waals surface area contributed by atoms with Gasteiger partial charge in [0.25, 0.3) is 0 Å². The Bertz CT molecular complexity index is 824. The van der Waals surface area contributed by atoms with Crippen molar-refractivity contribution < 1.29 is 13.9 Å². The van der Waals surface area contributed by atoms with E-state index in [4.69, 9.17) is 4.74 Å². The number of fused-ring (bicyclic) bond motifs is 1. The number of aryl methyl sites for hydroxylation is 1. The normalized spacial score (nSPS) is 19.1. The predicted octanol–water partition coefficient (Wildman–Crippen LogP) is 2.96. The molecule has 26 heavy (non-hydrogen) atoms. The van der Waals surface area contributed by atoms with E-state index in [0.717, 1.165) is 25.1 Å². The number of ether oxygens (including phenoxy) is 1. The molecule has 0 radical (unpaired) electrons. The smallest absolute Gasteiger partial charge is 0.227 e. The van der Waals surface area contributed by atoms with Crippen molar-refractivity contribution in [1.29, 1.82) is 0 Å². The summed E-state index contributed by atoms with van der Waals surface area (Å²) >= 11 is 0. The summed E-state index contributed by atoms with van der Waals surface area (Å²) in [5, 5.41) is 3.25. The number of halogens is 2.